The quantitative estimate of drug-likeness (QED) is 0.336. The Kier molecular flexibility index (Phi) is 4.03. The molecule has 0 saturated carbocycles. The molecule has 0 bridgehead atoms. The first-order valence-corrected chi connectivity index (χ1v) is 7.98. The van der Waals surface area contributed by atoms with Gasteiger partial charge in [-0.2, -0.15) is 15.1 Å². The smallest absolute Gasteiger partial charge is 0.303 e. The Morgan fingerprint density at radius 1 is 1.04 bits per heavy atom. The van der Waals surface area contributed by atoms with Gasteiger partial charge in [0.25, 0.3) is 0 Å². The van der Waals surface area contributed by atoms with Gasteiger partial charge in [-0.05, 0) is 37.0 Å². The Morgan fingerprint density at radius 2 is 1.67 bits per heavy atom. The van der Waals surface area contributed by atoms with Crippen molar-refractivity contribution >= 4 is 46.8 Å². The lowest BCUT2D eigenvalue weighted by Crippen LogP contribution is -2.08. The lowest BCUT2D eigenvalue weighted by molar-refractivity contribution is 0.437. The highest BCUT2D eigenvalue weighted by molar-refractivity contribution is 6.03. The average Bonchev–Trinajstić information content (AvgIpc) is 3.21. The topological polar surface area (TPSA) is 92.1 Å². The number of aliphatic imine (C=N–C) groups is 1. The van der Waals surface area contributed by atoms with E-state index in [4.69, 9.17) is 8.83 Å². The maximum absolute atomic E-state index is 13.3. The van der Waals surface area contributed by atoms with Crippen molar-refractivity contribution in [2.75, 3.05) is 19.4 Å². The lowest BCUT2D eigenvalue weighted by Gasteiger charge is -2.06. The average molecular weight is 366 g/mol. The fourth-order valence-corrected chi connectivity index (χ4v) is 2.54. The monoisotopic (exact) mass is 366 g/mol. The molecule has 1 N–H and O–H groups in total. The minimum absolute atomic E-state index is 0.157. The molecule has 0 aliphatic rings. The van der Waals surface area contributed by atoms with Crippen LogP contribution in [-0.4, -0.2) is 41.6 Å². The second-order valence-electron chi connectivity index (χ2n) is 5.89. The summed E-state index contributed by atoms with van der Waals surface area (Å²) in [5, 5.41) is 8.75. The predicted molar refractivity (Wildman–Crippen MR) is 101 cm³/mol. The molecule has 0 atom stereocenters. The van der Waals surface area contributed by atoms with Crippen molar-refractivity contribution in [3.63, 3.8) is 0 Å². The number of halogens is 1. The van der Waals surface area contributed by atoms with Gasteiger partial charge in [-0.25, -0.2) is 9.38 Å². The van der Waals surface area contributed by atoms with E-state index in [0.29, 0.717) is 28.0 Å². The minimum Gasteiger partial charge on any atom is -0.423 e. The molecular formula is C18H15FN6O2. The van der Waals surface area contributed by atoms with Gasteiger partial charge in [0.15, 0.2) is 17.0 Å². The summed E-state index contributed by atoms with van der Waals surface area (Å²) >= 11 is 0. The van der Waals surface area contributed by atoms with E-state index in [1.54, 1.807) is 31.2 Å². The van der Waals surface area contributed by atoms with Gasteiger partial charge in [0, 0.05) is 25.7 Å². The molecule has 0 amide bonds. The first-order valence-electron chi connectivity index (χ1n) is 7.98. The number of benzene rings is 2. The van der Waals surface area contributed by atoms with Crippen LogP contribution in [0.5, 0.6) is 0 Å². The van der Waals surface area contributed by atoms with Gasteiger partial charge in [0.05, 0.1) is 0 Å². The molecule has 0 fully saturated rings. The van der Waals surface area contributed by atoms with Crippen molar-refractivity contribution in [1.82, 2.24) is 15.0 Å². The van der Waals surface area contributed by atoms with Gasteiger partial charge in [-0.3, -0.25) is 5.32 Å². The molecule has 0 unspecified atom stereocenters. The summed E-state index contributed by atoms with van der Waals surface area (Å²) in [6.45, 7) is 3.55. The molecule has 4 aromatic rings. The van der Waals surface area contributed by atoms with Crippen LogP contribution in [0.15, 0.2) is 55.3 Å². The molecular weight excluding hydrogens is 351 g/mol. The molecule has 2 heterocycles. The highest BCUT2D eigenvalue weighted by Gasteiger charge is 2.13. The van der Waals surface area contributed by atoms with Gasteiger partial charge in [-0.1, -0.05) is 0 Å². The van der Waals surface area contributed by atoms with E-state index in [0.717, 1.165) is 5.56 Å². The number of amidine groups is 1. The SMILES string of the molecule is C=N/C(=N\N(C)C)c1ccc2oc(Nc3nc4cc(F)ccc4o3)nc2c1. The Morgan fingerprint density at radius 3 is 2.30 bits per heavy atom. The molecule has 4 rings (SSSR count). The van der Waals surface area contributed by atoms with E-state index in [1.165, 1.54) is 18.2 Å². The zero-order valence-corrected chi connectivity index (χ0v) is 14.6. The van der Waals surface area contributed by atoms with E-state index >= 15 is 0 Å². The molecule has 0 radical (unpaired) electrons. The summed E-state index contributed by atoms with van der Waals surface area (Å²) in [5.74, 6) is 0.0862. The van der Waals surface area contributed by atoms with Crippen LogP contribution in [0.1, 0.15) is 5.56 Å². The van der Waals surface area contributed by atoms with Crippen LogP contribution in [-0.2, 0) is 0 Å². The van der Waals surface area contributed by atoms with Gasteiger partial charge >= 0.3 is 12.0 Å². The number of nitrogens with one attached hydrogen (secondary N) is 1. The molecule has 136 valence electrons. The summed E-state index contributed by atoms with van der Waals surface area (Å²) in [4.78, 5) is 12.5. The normalized spacial score (nSPS) is 11.9. The van der Waals surface area contributed by atoms with Crippen LogP contribution in [0.4, 0.5) is 16.4 Å². The second kappa shape index (κ2) is 6.52. The van der Waals surface area contributed by atoms with Gasteiger partial charge in [0.1, 0.15) is 16.9 Å². The maximum atomic E-state index is 13.3. The van der Waals surface area contributed by atoms with E-state index in [2.05, 4.69) is 32.1 Å². The molecule has 8 nitrogen and oxygen atoms in total. The van der Waals surface area contributed by atoms with Crippen LogP contribution in [0.2, 0.25) is 0 Å². The third-order valence-corrected chi connectivity index (χ3v) is 3.65. The molecule has 27 heavy (non-hydrogen) atoms. The Labute approximate surface area is 153 Å². The maximum Gasteiger partial charge on any atom is 0.303 e. The predicted octanol–water partition coefficient (Wildman–Crippen LogP) is 3.78. The third kappa shape index (κ3) is 3.34. The Bertz CT molecular complexity index is 1180. The zero-order valence-electron chi connectivity index (χ0n) is 14.6. The van der Waals surface area contributed by atoms with Crippen LogP contribution in [0, 0.1) is 5.82 Å². The van der Waals surface area contributed by atoms with Gasteiger partial charge in [-0.15, -0.1) is 0 Å². The van der Waals surface area contributed by atoms with E-state index in [-0.39, 0.29) is 17.8 Å². The summed E-state index contributed by atoms with van der Waals surface area (Å²) < 4.78 is 24.4. The Balaban J connectivity index is 1.65. The number of hydrogen-bond acceptors (Lipinski definition) is 7. The molecule has 2 aromatic heterocycles. The number of nitrogens with zero attached hydrogens (tertiary/aromatic N) is 5. The van der Waals surface area contributed by atoms with E-state index < -0.39 is 0 Å². The highest BCUT2D eigenvalue weighted by Crippen LogP contribution is 2.25. The van der Waals surface area contributed by atoms with Crippen LogP contribution in [0.25, 0.3) is 22.2 Å². The van der Waals surface area contributed by atoms with Crippen molar-refractivity contribution in [2.45, 2.75) is 0 Å². The largest absolute Gasteiger partial charge is 0.423 e. The molecule has 2 aromatic carbocycles. The summed E-state index contributed by atoms with van der Waals surface area (Å²) in [5.41, 5.74) is 2.78. The summed E-state index contributed by atoms with van der Waals surface area (Å²) in [7, 11) is 3.60. The standard InChI is InChI=1S/C18H15FN6O2/c1-20-16(24-25(2)3)10-4-6-14-12(8-10)21-17(26-14)23-18-22-13-9-11(19)5-7-15(13)27-18/h4-9H,1H2,2-3H3,(H,21,22,23)/b24-16-. The molecule has 0 aliphatic carbocycles. The fraction of sp³-hybridized carbons (Fsp3) is 0.111. The van der Waals surface area contributed by atoms with Crippen molar-refractivity contribution in [1.29, 1.82) is 0 Å². The lowest BCUT2D eigenvalue weighted by atomic mass is 10.2. The molecule has 9 heteroatoms. The molecule has 0 aliphatic heterocycles. The highest BCUT2D eigenvalue weighted by atomic mass is 19.1. The molecule has 0 spiro atoms. The number of rotatable bonds is 4. The van der Waals surface area contributed by atoms with E-state index in [1.807, 2.05) is 6.07 Å². The van der Waals surface area contributed by atoms with E-state index in [9.17, 15) is 4.39 Å². The number of hydrogen-bond donors (Lipinski definition) is 1. The molecule has 0 saturated heterocycles. The van der Waals surface area contributed by atoms with Crippen LogP contribution < -0.4 is 5.32 Å². The fourth-order valence-electron chi connectivity index (χ4n) is 2.54. The van der Waals surface area contributed by atoms with Crippen molar-refractivity contribution < 1.29 is 13.2 Å². The summed E-state index contributed by atoms with van der Waals surface area (Å²) in [6, 6.07) is 9.83. The van der Waals surface area contributed by atoms with Crippen molar-refractivity contribution in [3.8, 4) is 0 Å². The first-order chi connectivity index (χ1) is 13.0. The van der Waals surface area contributed by atoms with Crippen LogP contribution >= 0.6 is 0 Å². The number of aromatic nitrogens is 2. The summed E-state index contributed by atoms with van der Waals surface area (Å²) in [6.07, 6.45) is 0. The third-order valence-electron chi connectivity index (χ3n) is 3.65. The number of fused-ring (bicyclic) bond motifs is 2. The minimum atomic E-state index is -0.386. The van der Waals surface area contributed by atoms with Gasteiger partial charge < -0.3 is 13.8 Å². The number of anilines is 2. The zero-order chi connectivity index (χ0) is 19.0. The number of hydrazone groups is 1. The van der Waals surface area contributed by atoms with Crippen molar-refractivity contribution in [2.24, 2.45) is 10.1 Å². The Hall–Kier alpha value is -3.75. The van der Waals surface area contributed by atoms with Crippen LogP contribution in [0.3, 0.4) is 0 Å². The number of oxazole rings is 2. The second-order valence-corrected chi connectivity index (χ2v) is 5.89. The first kappa shape index (κ1) is 16.7. The van der Waals surface area contributed by atoms with Crippen molar-refractivity contribution in [3.05, 3.63) is 47.8 Å². The van der Waals surface area contributed by atoms with Gasteiger partial charge in [0.2, 0.25) is 0 Å².